The van der Waals surface area contributed by atoms with E-state index in [2.05, 4.69) is 144 Å². The lowest BCUT2D eigenvalue weighted by Gasteiger charge is -2.70. The van der Waals surface area contributed by atoms with Crippen molar-refractivity contribution in [3.63, 3.8) is 0 Å². The van der Waals surface area contributed by atoms with Gasteiger partial charge in [0.1, 0.15) is 12.1 Å². The number of allylic oxidation sites excluding steroid dienone is 3. The van der Waals surface area contributed by atoms with Gasteiger partial charge >= 0.3 is 0 Å². The maximum absolute atomic E-state index is 14.8. The number of hydrogen-bond acceptors (Lipinski definition) is 12. The van der Waals surface area contributed by atoms with Crippen molar-refractivity contribution in [2.45, 2.75) is 201 Å². The Hall–Kier alpha value is -4.60. The van der Waals surface area contributed by atoms with E-state index in [1.807, 2.05) is 21.0 Å². The molecule has 1 saturated carbocycles. The molecular weight excluding hydrogens is 1020 g/mol. The number of nitrogens with zero attached hydrogens (tertiary/aromatic N) is 9. The number of carbonyl (C=O) groups excluding carboxylic acids is 2. The van der Waals surface area contributed by atoms with Crippen LogP contribution < -0.4 is 15.6 Å². The third-order valence-electron chi connectivity index (χ3n) is 21.3. The Kier molecular flexibility index (Phi) is 19.6. The second-order valence-electron chi connectivity index (χ2n) is 27.3. The van der Waals surface area contributed by atoms with E-state index in [0.717, 1.165) is 128 Å². The molecule has 14 nitrogen and oxygen atoms in total. The van der Waals surface area contributed by atoms with Gasteiger partial charge in [-0.1, -0.05) is 48.1 Å². The SMILES string of the molecule is C.C=C(C)N1CCCCN1.CCCN(CC[C@@H]1CNC(=O)[C@@H]2C(CC(C)(c3cnc(C)nc3)C3CCCN32)C2N1CC21CCC1)c1ccc2c(c1)c(CC(C)(C)CCC=O)c(C1=C([C@H](C)OC)N(C)CC(C3CCN(C)CC3)=C1)n2CC.[HH].[HH]. The number of likely N-dealkylation sites (N-methyl/N-ethyl adjacent to an activating group) is 1. The van der Waals surface area contributed by atoms with Gasteiger partial charge in [-0.15, -0.1) is 0 Å². The fourth-order valence-corrected chi connectivity index (χ4v) is 16.8. The average molecular weight is 1130 g/mol. The van der Waals surface area contributed by atoms with Crippen LogP contribution in [0.25, 0.3) is 16.5 Å². The molecule has 7 fully saturated rings. The van der Waals surface area contributed by atoms with Gasteiger partial charge in [0.05, 0.1) is 23.5 Å². The van der Waals surface area contributed by atoms with Gasteiger partial charge in [-0.2, -0.15) is 0 Å². The molecule has 1 spiro atoms. The van der Waals surface area contributed by atoms with Crippen LogP contribution in [0.5, 0.6) is 0 Å². The molecule has 1 amide bonds. The molecule has 0 radical (unpaired) electrons. The number of methoxy groups -OCH3 is 1. The Morgan fingerprint density at radius 1 is 1.02 bits per heavy atom. The van der Waals surface area contributed by atoms with Gasteiger partial charge < -0.3 is 39.1 Å². The molecule has 4 unspecified atom stereocenters. The number of fused-ring (bicyclic) bond motifs is 7. The van der Waals surface area contributed by atoms with E-state index in [1.54, 1.807) is 0 Å². The summed E-state index contributed by atoms with van der Waals surface area (Å²) in [4.78, 5) is 49.2. The third-order valence-corrected chi connectivity index (χ3v) is 21.3. The first-order chi connectivity index (χ1) is 38.9. The van der Waals surface area contributed by atoms with E-state index in [4.69, 9.17) is 14.7 Å². The number of rotatable bonds is 18. The summed E-state index contributed by atoms with van der Waals surface area (Å²) in [7, 11) is 6.37. The van der Waals surface area contributed by atoms with Crippen molar-refractivity contribution in [1.82, 2.24) is 49.9 Å². The van der Waals surface area contributed by atoms with Crippen LogP contribution in [0.15, 0.2) is 60.2 Å². The summed E-state index contributed by atoms with van der Waals surface area (Å²) in [6, 6.07) is 8.22. The predicted octanol–water partition coefficient (Wildman–Crippen LogP) is 11.3. The van der Waals surface area contributed by atoms with Crippen molar-refractivity contribution < 1.29 is 17.2 Å². The number of nitrogens with one attached hydrogen (secondary N) is 2. The summed E-state index contributed by atoms with van der Waals surface area (Å²) in [5.41, 5.74) is 15.0. The molecule has 1 aliphatic carbocycles. The number of aryl methyl sites for hydroxylation is 2. The number of hydrazine groups is 1. The zero-order chi connectivity index (χ0) is 57.4. The van der Waals surface area contributed by atoms with E-state index < -0.39 is 0 Å². The lowest BCUT2D eigenvalue weighted by atomic mass is 9.50. The first kappa shape index (κ1) is 61.9. The van der Waals surface area contributed by atoms with Crippen LogP contribution in [0.2, 0.25) is 0 Å². The molecule has 9 heterocycles. The number of aldehydes is 1. The van der Waals surface area contributed by atoms with Crippen LogP contribution in [-0.2, 0) is 32.7 Å². The van der Waals surface area contributed by atoms with E-state index in [1.165, 1.54) is 95.2 Å². The lowest BCUT2D eigenvalue weighted by Crippen LogP contribution is -2.79. The van der Waals surface area contributed by atoms with E-state index in [9.17, 15) is 9.59 Å². The first-order valence-electron chi connectivity index (χ1n) is 31.9. The fraction of sp³-hybridized carbons (Fsp3) is 0.706. The van der Waals surface area contributed by atoms with E-state index in [0.29, 0.717) is 36.4 Å². The van der Waals surface area contributed by atoms with Crippen LogP contribution >= 0.6 is 0 Å². The Morgan fingerprint density at radius 2 is 1.78 bits per heavy atom. The molecule has 11 rings (SSSR count). The monoisotopic (exact) mass is 1130 g/mol. The molecule has 14 heteroatoms. The normalized spacial score (nSPS) is 27.3. The zero-order valence-electron chi connectivity index (χ0n) is 51.9. The van der Waals surface area contributed by atoms with Gasteiger partial charge in [0.15, 0.2) is 0 Å². The molecule has 1 aromatic carbocycles. The standard InChI is InChI=1S/C60H89N9O3.C7H14N2.CH4.2H2/c1-11-25-66(29-21-46-37-63-57(71)55-50(56-60(23-14-24-60)39-69(46)56)34-59(7,52-16-13-26-68(52)55)44-35-61-41(4)62-36-44)45-17-18-51-47(32-45)49(33-58(5,6)22-15-30-70)54(67(51)12-2)48-31-43(42-19-27-64(8)28-20-42)38-65(9)53(48)40(3)72-10;1-7(2)9-6-4-3-5-8-9;;;/h17-18,30-32,35-36,40,42,46,50,52,55-56H,11-16,19-29,33-34,37-39H2,1-10H3,(H,63,71);8H,1,3-6H2,2H3;1H4;2*1H/t40-,46+,50?,52?,55-,56?,59?;;;;/m0..../s1. The maximum atomic E-state index is 14.8. The largest absolute Gasteiger partial charge is 0.376 e. The second-order valence-corrected chi connectivity index (χ2v) is 27.3. The first-order valence-corrected chi connectivity index (χ1v) is 31.9. The molecule has 8 aliphatic rings. The van der Waals surface area contributed by atoms with Crippen molar-refractivity contribution in [3.05, 3.63) is 82.9 Å². The highest BCUT2D eigenvalue weighted by Crippen LogP contribution is 2.61. The Balaban J connectivity index is 0.000000773. The zero-order valence-corrected chi connectivity index (χ0v) is 51.9. The average Bonchev–Trinajstić information content (AvgIpc) is 1.79. The van der Waals surface area contributed by atoms with Crippen LogP contribution in [0.3, 0.4) is 0 Å². The Bertz CT molecular complexity index is 2780. The molecule has 456 valence electrons. The Labute approximate surface area is 497 Å². The summed E-state index contributed by atoms with van der Waals surface area (Å²) in [5, 5.41) is 7.05. The minimum absolute atomic E-state index is 0. The molecule has 7 atom stereocenters. The number of benzene rings is 1. The highest BCUT2D eigenvalue weighted by molar-refractivity contribution is 5.95. The quantitative estimate of drug-likeness (QED) is 0.118. The number of carbonyl (C=O) groups is 2. The van der Waals surface area contributed by atoms with Crippen molar-refractivity contribution in [2.75, 3.05) is 91.6 Å². The highest BCUT2D eigenvalue weighted by atomic mass is 16.5. The molecule has 3 aromatic rings. The van der Waals surface area contributed by atoms with Gasteiger partial charge in [0, 0.05) is 146 Å². The lowest BCUT2D eigenvalue weighted by molar-refractivity contribution is -0.200. The van der Waals surface area contributed by atoms with Gasteiger partial charge in [0.25, 0.3) is 0 Å². The minimum atomic E-state index is -0.111. The molecule has 82 heavy (non-hydrogen) atoms. The smallest absolute Gasteiger partial charge is 0.237 e. The summed E-state index contributed by atoms with van der Waals surface area (Å²) < 4.78 is 8.80. The van der Waals surface area contributed by atoms with Gasteiger partial charge in [-0.05, 0) is 196 Å². The Morgan fingerprint density at radius 3 is 2.41 bits per heavy atom. The van der Waals surface area contributed by atoms with Gasteiger partial charge in [0.2, 0.25) is 5.91 Å². The van der Waals surface area contributed by atoms with Gasteiger partial charge in [-0.25, -0.2) is 15.4 Å². The van der Waals surface area contributed by atoms with Crippen molar-refractivity contribution in [1.29, 1.82) is 0 Å². The molecule has 6 saturated heterocycles. The summed E-state index contributed by atoms with van der Waals surface area (Å²) in [6.07, 6.45) is 24.2. The number of hydrogen-bond donors (Lipinski definition) is 2. The maximum Gasteiger partial charge on any atom is 0.237 e. The number of piperidine rings is 2. The number of amides is 1. The number of ether oxygens (including phenoxy) is 1. The van der Waals surface area contributed by atoms with E-state index in [-0.39, 0.29) is 51.1 Å². The second kappa shape index (κ2) is 25.9. The molecule has 2 aromatic heterocycles. The number of anilines is 1. The van der Waals surface area contributed by atoms with Crippen molar-refractivity contribution in [3.8, 4) is 0 Å². The fourth-order valence-electron chi connectivity index (χ4n) is 16.8. The van der Waals surface area contributed by atoms with Crippen LogP contribution in [0.4, 0.5) is 5.69 Å². The van der Waals surface area contributed by atoms with Crippen molar-refractivity contribution in [2.24, 2.45) is 22.7 Å². The topological polar surface area (TPSA) is 118 Å². The predicted molar refractivity (Wildman–Crippen MR) is 341 cm³/mol. The van der Waals surface area contributed by atoms with Crippen LogP contribution in [0, 0.1) is 29.6 Å². The third kappa shape index (κ3) is 12.1. The van der Waals surface area contributed by atoms with Gasteiger partial charge in [-0.3, -0.25) is 14.6 Å². The number of likely N-dealkylation sites (tertiary alicyclic amines) is 1. The van der Waals surface area contributed by atoms with Crippen LogP contribution in [-0.4, -0.2) is 168 Å². The summed E-state index contributed by atoms with van der Waals surface area (Å²) >= 11 is 0. The number of aromatic nitrogens is 3. The molecule has 0 bridgehead atoms. The van der Waals surface area contributed by atoms with Crippen LogP contribution in [0.1, 0.15) is 171 Å². The molecular formula is C68H111N11O3. The van der Waals surface area contributed by atoms with E-state index >= 15 is 0 Å². The summed E-state index contributed by atoms with van der Waals surface area (Å²) in [5.74, 6) is 1.88. The molecule has 2 N–H and O–H groups in total. The summed E-state index contributed by atoms with van der Waals surface area (Å²) in [6.45, 7) is 32.8. The van der Waals surface area contributed by atoms with Crippen molar-refractivity contribution >= 4 is 34.4 Å². The molecule has 7 aliphatic heterocycles. The highest BCUT2D eigenvalue weighted by Gasteiger charge is 2.66. The minimum Gasteiger partial charge on any atom is -0.376 e.